The normalized spacial score (nSPS) is 16.0. The maximum atomic E-state index is 12.7. The summed E-state index contributed by atoms with van der Waals surface area (Å²) in [6.07, 6.45) is 5.72. The van der Waals surface area contributed by atoms with Crippen molar-refractivity contribution >= 4 is 17.6 Å². The van der Waals surface area contributed by atoms with Gasteiger partial charge in [0.15, 0.2) is 0 Å². The molecule has 0 bridgehead atoms. The first-order chi connectivity index (χ1) is 13.4. The molecule has 1 aliphatic heterocycles. The zero-order valence-corrected chi connectivity index (χ0v) is 18.9. The second-order valence-electron chi connectivity index (χ2n) is 6.85. The molecule has 5 nitrogen and oxygen atoms in total. The van der Waals surface area contributed by atoms with Crippen molar-refractivity contribution in [2.45, 2.75) is 79.7 Å². The van der Waals surface area contributed by atoms with Crippen LogP contribution in [-0.4, -0.2) is 43.0 Å². The van der Waals surface area contributed by atoms with E-state index in [0.29, 0.717) is 0 Å². The zero-order chi connectivity index (χ0) is 21.5. The number of para-hydroxylation sites is 1. The Labute approximate surface area is 171 Å². The summed E-state index contributed by atoms with van der Waals surface area (Å²) in [4.78, 5) is 24.7. The molecular weight excluding hydrogens is 352 g/mol. The second-order valence-corrected chi connectivity index (χ2v) is 6.85. The third-order valence-corrected chi connectivity index (χ3v) is 4.73. The highest BCUT2D eigenvalue weighted by atomic mass is 16.5. The van der Waals surface area contributed by atoms with E-state index in [1.54, 1.807) is 0 Å². The Morgan fingerprint density at radius 1 is 1.18 bits per heavy atom. The summed E-state index contributed by atoms with van der Waals surface area (Å²) >= 11 is 0. The predicted molar refractivity (Wildman–Crippen MR) is 118 cm³/mol. The molecule has 1 heterocycles. The lowest BCUT2D eigenvalue weighted by atomic mass is 10.00. The van der Waals surface area contributed by atoms with Crippen LogP contribution in [0, 0.1) is 13.8 Å². The van der Waals surface area contributed by atoms with E-state index in [1.165, 1.54) is 33.3 Å². The molecule has 0 spiro atoms. The van der Waals surface area contributed by atoms with Crippen molar-refractivity contribution in [3.8, 4) is 0 Å². The molecule has 5 heteroatoms. The van der Waals surface area contributed by atoms with Gasteiger partial charge in [-0.2, -0.15) is 0 Å². The van der Waals surface area contributed by atoms with Gasteiger partial charge in [0.05, 0.1) is 13.2 Å². The molecule has 1 aliphatic rings. The van der Waals surface area contributed by atoms with E-state index in [9.17, 15) is 9.59 Å². The van der Waals surface area contributed by atoms with Crippen LogP contribution in [0.4, 0.5) is 5.69 Å². The zero-order valence-electron chi connectivity index (χ0n) is 18.9. The maximum absolute atomic E-state index is 12.7. The number of nitrogens with zero attached hydrogens (tertiary/aromatic N) is 1. The number of carbonyl (C=O) groups is 2. The molecule has 1 atom stereocenters. The Kier molecular flexibility index (Phi) is 14.1. The fourth-order valence-corrected chi connectivity index (χ4v) is 3.13. The number of hydrogen-bond acceptors (Lipinski definition) is 4. The standard InChI is InChI=1S/C18H28N2O.C3H6O2.C2H6/c1-4-5-12-20-13-7-6-11-16(20)18(21)19-17-14(2)9-8-10-15(17)3;1-3(4)5-2;1-2/h8-10,16H,4-7,11-13H2,1-3H3,(H,19,21);1-2H3;1-2H3. The highest BCUT2D eigenvalue weighted by Crippen LogP contribution is 2.23. The first-order valence-corrected chi connectivity index (χ1v) is 10.6. The number of amides is 1. The number of nitrogens with one attached hydrogen (secondary N) is 1. The number of anilines is 1. The molecule has 1 saturated heterocycles. The molecule has 0 saturated carbocycles. The van der Waals surface area contributed by atoms with E-state index in [1.807, 2.05) is 19.9 Å². The van der Waals surface area contributed by atoms with Crippen LogP contribution >= 0.6 is 0 Å². The Morgan fingerprint density at radius 2 is 1.75 bits per heavy atom. The maximum Gasteiger partial charge on any atom is 0.302 e. The summed E-state index contributed by atoms with van der Waals surface area (Å²) in [5, 5.41) is 3.17. The predicted octanol–water partition coefficient (Wildman–Crippen LogP) is 5.10. The topological polar surface area (TPSA) is 58.6 Å². The molecule has 1 aromatic rings. The van der Waals surface area contributed by atoms with Gasteiger partial charge in [0, 0.05) is 12.6 Å². The quantitative estimate of drug-likeness (QED) is 0.708. The molecule has 2 rings (SSSR count). The van der Waals surface area contributed by atoms with Gasteiger partial charge < -0.3 is 10.1 Å². The lowest BCUT2D eigenvalue weighted by Gasteiger charge is -2.34. The SMILES string of the molecule is CC.CCCCN1CCCCC1C(=O)Nc1c(C)cccc1C.COC(C)=O. The van der Waals surface area contributed by atoms with Crippen molar-refractivity contribution in [2.24, 2.45) is 0 Å². The molecule has 0 aliphatic carbocycles. The van der Waals surface area contributed by atoms with Crippen molar-refractivity contribution in [2.75, 3.05) is 25.5 Å². The Hall–Kier alpha value is -1.88. The first kappa shape index (κ1) is 26.1. The number of rotatable bonds is 5. The average molecular weight is 393 g/mol. The van der Waals surface area contributed by atoms with Crippen molar-refractivity contribution in [3.05, 3.63) is 29.3 Å². The summed E-state index contributed by atoms with van der Waals surface area (Å²) in [5.74, 6) is -0.0757. The number of ether oxygens (including phenoxy) is 1. The minimum absolute atomic E-state index is 0.0457. The summed E-state index contributed by atoms with van der Waals surface area (Å²) in [6.45, 7) is 13.8. The van der Waals surface area contributed by atoms with Gasteiger partial charge in [-0.1, -0.05) is 51.8 Å². The van der Waals surface area contributed by atoms with E-state index in [0.717, 1.165) is 42.7 Å². The molecule has 28 heavy (non-hydrogen) atoms. The summed E-state index contributed by atoms with van der Waals surface area (Å²) < 4.78 is 4.11. The van der Waals surface area contributed by atoms with E-state index in [4.69, 9.17) is 0 Å². The Balaban J connectivity index is 0.000000906. The van der Waals surface area contributed by atoms with E-state index in [-0.39, 0.29) is 17.9 Å². The number of benzene rings is 1. The van der Waals surface area contributed by atoms with E-state index < -0.39 is 0 Å². The van der Waals surface area contributed by atoms with Gasteiger partial charge in [-0.3, -0.25) is 14.5 Å². The van der Waals surface area contributed by atoms with Gasteiger partial charge in [-0.15, -0.1) is 0 Å². The fourth-order valence-electron chi connectivity index (χ4n) is 3.13. The number of hydrogen-bond donors (Lipinski definition) is 1. The summed E-state index contributed by atoms with van der Waals surface area (Å²) in [7, 11) is 1.35. The third kappa shape index (κ3) is 9.36. The van der Waals surface area contributed by atoms with Crippen LogP contribution in [0.5, 0.6) is 0 Å². The van der Waals surface area contributed by atoms with Crippen LogP contribution in [-0.2, 0) is 14.3 Å². The number of aryl methyl sites for hydroxylation is 2. The fraction of sp³-hybridized carbons (Fsp3) is 0.652. The van der Waals surface area contributed by atoms with E-state index >= 15 is 0 Å². The summed E-state index contributed by atoms with van der Waals surface area (Å²) in [5.41, 5.74) is 3.27. The number of esters is 1. The first-order valence-electron chi connectivity index (χ1n) is 10.6. The van der Waals surface area contributed by atoms with Gasteiger partial charge in [-0.25, -0.2) is 0 Å². The van der Waals surface area contributed by atoms with Crippen LogP contribution in [0.25, 0.3) is 0 Å². The smallest absolute Gasteiger partial charge is 0.302 e. The van der Waals surface area contributed by atoms with Crippen LogP contribution in [0.15, 0.2) is 18.2 Å². The van der Waals surface area contributed by atoms with Crippen molar-refractivity contribution in [3.63, 3.8) is 0 Å². The molecule has 1 aromatic carbocycles. The van der Waals surface area contributed by atoms with Crippen molar-refractivity contribution in [1.82, 2.24) is 4.90 Å². The molecule has 0 aromatic heterocycles. The largest absolute Gasteiger partial charge is 0.469 e. The van der Waals surface area contributed by atoms with Gasteiger partial charge in [0.2, 0.25) is 5.91 Å². The molecule has 0 radical (unpaired) electrons. The number of carbonyl (C=O) groups excluding carboxylic acids is 2. The molecule has 1 unspecified atom stereocenters. The molecular formula is C23H40N2O3. The van der Waals surface area contributed by atoms with Gasteiger partial charge in [0.1, 0.15) is 0 Å². The Bertz CT molecular complexity index is 567. The lowest BCUT2D eigenvalue weighted by molar-refractivity contribution is -0.138. The average Bonchev–Trinajstić information content (AvgIpc) is 2.71. The van der Waals surface area contributed by atoms with Gasteiger partial charge in [0.25, 0.3) is 0 Å². The molecule has 1 amide bonds. The molecule has 160 valence electrons. The lowest BCUT2D eigenvalue weighted by Crippen LogP contribution is -2.47. The highest BCUT2D eigenvalue weighted by molar-refractivity contribution is 5.96. The van der Waals surface area contributed by atoms with Crippen LogP contribution < -0.4 is 5.32 Å². The highest BCUT2D eigenvalue weighted by Gasteiger charge is 2.28. The van der Waals surface area contributed by atoms with E-state index in [2.05, 4.69) is 47.9 Å². The molecule has 1 N–H and O–H groups in total. The minimum atomic E-state index is -0.245. The van der Waals surface area contributed by atoms with Gasteiger partial charge >= 0.3 is 5.97 Å². The van der Waals surface area contributed by atoms with Crippen LogP contribution in [0.2, 0.25) is 0 Å². The monoisotopic (exact) mass is 392 g/mol. The van der Waals surface area contributed by atoms with Crippen molar-refractivity contribution < 1.29 is 14.3 Å². The number of methoxy groups -OCH3 is 1. The number of unbranched alkanes of at least 4 members (excludes halogenated alkanes) is 1. The van der Waals surface area contributed by atoms with Crippen LogP contribution in [0.1, 0.15) is 70.9 Å². The van der Waals surface area contributed by atoms with Crippen molar-refractivity contribution in [1.29, 1.82) is 0 Å². The Morgan fingerprint density at radius 3 is 2.25 bits per heavy atom. The second kappa shape index (κ2) is 15.1. The summed E-state index contributed by atoms with van der Waals surface area (Å²) in [6, 6.07) is 6.19. The van der Waals surface area contributed by atoms with Gasteiger partial charge in [-0.05, 0) is 57.3 Å². The molecule has 1 fully saturated rings. The van der Waals surface area contributed by atoms with Crippen LogP contribution in [0.3, 0.4) is 0 Å². The number of piperidine rings is 1. The minimum Gasteiger partial charge on any atom is -0.469 e. The third-order valence-electron chi connectivity index (χ3n) is 4.73. The number of likely N-dealkylation sites (tertiary alicyclic amines) is 1.